The molecule has 0 radical (unpaired) electrons. The average molecular weight is 439 g/mol. The summed E-state index contributed by atoms with van der Waals surface area (Å²) in [7, 11) is 0. The van der Waals surface area contributed by atoms with Gasteiger partial charge in [-0.15, -0.1) is 0 Å². The maximum atomic E-state index is 13.0. The van der Waals surface area contributed by atoms with Crippen molar-refractivity contribution in [3.05, 3.63) is 34.9 Å². The maximum Gasteiger partial charge on any atom is 0.262 e. The predicted molar refractivity (Wildman–Crippen MR) is 111 cm³/mol. The SMILES string of the molecule is O=C1CCC(N2C(=O)c3ccc(CN4CC[C@@H]5NCCC(=O)N[C@@H]5C4)cc3C2=O)C(=O)N1. The minimum atomic E-state index is -0.964. The number of carbonyl (C=O) groups is 5. The first-order valence-electron chi connectivity index (χ1n) is 11.0. The van der Waals surface area contributed by atoms with E-state index >= 15 is 0 Å². The summed E-state index contributed by atoms with van der Waals surface area (Å²) in [6, 6.07) is 4.52. The molecule has 10 nitrogen and oxygen atoms in total. The number of piperidine rings is 2. The number of likely N-dealkylation sites (tertiary alicyclic amines) is 1. The van der Waals surface area contributed by atoms with Gasteiger partial charge in [0, 0.05) is 45.1 Å². The van der Waals surface area contributed by atoms with Crippen molar-refractivity contribution >= 4 is 29.5 Å². The van der Waals surface area contributed by atoms with Gasteiger partial charge in [0.25, 0.3) is 11.8 Å². The molecule has 4 aliphatic rings. The van der Waals surface area contributed by atoms with Gasteiger partial charge in [0.1, 0.15) is 6.04 Å². The molecule has 0 saturated carbocycles. The van der Waals surface area contributed by atoms with Crippen molar-refractivity contribution in [3.63, 3.8) is 0 Å². The number of imide groups is 2. The molecule has 0 spiro atoms. The van der Waals surface area contributed by atoms with E-state index in [1.807, 2.05) is 6.07 Å². The average Bonchev–Trinajstić information content (AvgIpc) is 2.88. The second kappa shape index (κ2) is 8.10. The Balaban J connectivity index is 1.30. The fraction of sp³-hybridized carbons (Fsp3) is 0.500. The standard InChI is InChI=1S/C22H25N5O5/c28-18-4-3-17(20(30)25-18)27-21(31)13-2-1-12(9-14(13)22(27)32)10-26-8-6-15-16(11-26)24-19(29)5-7-23-15/h1-2,9,15-17,23H,3-8,10-11H2,(H,24,29)(H,25,28,30)/t15-,16+,17?/m0/s1. The normalized spacial score (nSPS) is 28.7. The van der Waals surface area contributed by atoms with Gasteiger partial charge in [0.2, 0.25) is 17.7 Å². The Morgan fingerprint density at radius 1 is 0.906 bits per heavy atom. The third kappa shape index (κ3) is 3.69. The van der Waals surface area contributed by atoms with Crippen molar-refractivity contribution in [1.29, 1.82) is 0 Å². The van der Waals surface area contributed by atoms with Crippen LogP contribution in [-0.2, 0) is 20.9 Å². The fourth-order valence-corrected chi connectivity index (χ4v) is 5.08. The van der Waals surface area contributed by atoms with Gasteiger partial charge in [0.15, 0.2) is 0 Å². The molecule has 168 valence electrons. The van der Waals surface area contributed by atoms with E-state index in [9.17, 15) is 24.0 Å². The Bertz CT molecular complexity index is 1020. The zero-order chi connectivity index (χ0) is 22.4. The van der Waals surface area contributed by atoms with Gasteiger partial charge < -0.3 is 10.6 Å². The summed E-state index contributed by atoms with van der Waals surface area (Å²) in [4.78, 5) is 64.6. The molecule has 10 heteroatoms. The van der Waals surface area contributed by atoms with Gasteiger partial charge in [-0.2, -0.15) is 0 Å². The zero-order valence-electron chi connectivity index (χ0n) is 17.6. The van der Waals surface area contributed by atoms with Crippen molar-refractivity contribution in [2.24, 2.45) is 0 Å². The maximum absolute atomic E-state index is 13.0. The van der Waals surface area contributed by atoms with Crippen LogP contribution in [0.15, 0.2) is 18.2 Å². The molecule has 0 aromatic heterocycles. The molecule has 0 aliphatic carbocycles. The van der Waals surface area contributed by atoms with Crippen molar-refractivity contribution in [2.75, 3.05) is 19.6 Å². The van der Waals surface area contributed by atoms with Crippen molar-refractivity contribution in [1.82, 2.24) is 25.8 Å². The van der Waals surface area contributed by atoms with Crippen LogP contribution >= 0.6 is 0 Å². The number of fused-ring (bicyclic) bond motifs is 2. The number of nitrogens with one attached hydrogen (secondary N) is 3. The Kier molecular flexibility index (Phi) is 5.26. The summed E-state index contributed by atoms with van der Waals surface area (Å²) >= 11 is 0. The molecular formula is C22H25N5O5. The lowest BCUT2D eigenvalue weighted by molar-refractivity contribution is -0.136. The van der Waals surface area contributed by atoms with Crippen LogP contribution in [0.3, 0.4) is 0 Å². The summed E-state index contributed by atoms with van der Waals surface area (Å²) in [5.74, 6) is -1.95. The van der Waals surface area contributed by atoms with Crippen molar-refractivity contribution in [2.45, 2.75) is 50.4 Å². The molecule has 3 fully saturated rings. The van der Waals surface area contributed by atoms with Crippen LogP contribution in [0.25, 0.3) is 0 Å². The van der Waals surface area contributed by atoms with E-state index in [4.69, 9.17) is 0 Å². The van der Waals surface area contributed by atoms with Crippen LogP contribution in [0.5, 0.6) is 0 Å². The highest BCUT2D eigenvalue weighted by Gasteiger charge is 2.44. The minimum absolute atomic E-state index is 0.0411. The van der Waals surface area contributed by atoms with Gasteiger partial charge in [-0.3, -0.25) is 39.1 Å². The first kappa shape index (κ1) is 20.8. The van der Waals surface area contributed by atoms with Crippen LogP contribution < -0.4 is 16.0 Å². The molecule has 3 atom stereocenters. The lowest BCUT2D eigenvalue weighted by Gasteiger charge is -2.38. The number of nitrogens with zero attached hydrogens (tertiary/aromatic N) is 2. The summed E-state index contributed by atoms with van der Waals surface area (Å²) in [6.07, 6.45) is 1.63. The molecule has 3 N–H and O–H groups in total. The third-order valence-corrected chi connectivity index (χ3v) is 6.71. The molecular weight excluding hydrogens is 414 g/mol. The smallest absolute Gasteiger partial charge is 0.262 e. The van der Waals surface area contributed by atoms with E-state index < -0.39 is 29.7 Å². The van der Waals surface area contributed by atoms with E-state index in [-0.39, 0.29) is 42.0 Å². The quantitative estimate of drug-likeness (QED) is 0.523. The van der Waals surface area contributed by atoms with Crippen LogP contribution in [0.4, 0.5) is 0 Å². The first-order chi connectivity index (χ1) is 15.4. The number of benzene rings is 1. The summed E-state index contributed by atoms with van der Waals surface area (Å²) in [6.45, 7) is 2.84. The minimum Gasteiger partial charge on any atom is -0.350 e. The predicted octanol–water partition coefficient (Wildman–Crippen LogP) is -0.860. The number of rotatable bonds is 3. The van der Waals surface area contributed by atoms with Crippen LogP contribution in [0, 0.1) is 0 Å². The number of carbonyl (C=O) groups excluding carboxylic acids is 5. The van der Waals surface area contributed by atoms with E-state index in [1.54, 1.807) is 12.1 Å². The monoisotopic (exact) mass is 439 g/mol. The fourth-order valence-electron chi connectivity index (χ4n) is 5.08. The molecule has 32 heavy (non-hydrogen) atoms. The summed E-state index contributed by atoms with van der Waals surface area (Å²) in [5, 5.41) is 8.73. The molecule has 0 bridgehead atoms. The van der Waals surface area contributed by atoms with Gasteiger partial charge in [-0.25, -0.2) is 0 Å². The van der Waals surface area contributed by atoms with Gasteiger partial charge in [-0.1, -0.05) is 6.07 Å². The number of hydrogen-bond donors (Lipinski definition) is 3. The van der Waals surface area contributed by atoms with Crippen LogP contribution in [0.1, 0.15) is 52.0 Å². The number of hydrogen-bond acceptors (Lipinski definition) is 7. The van der Waals surface area contributed by atoms with Gasteiger partial charge >= 0.3 is 0 Å². The Labute approximate surface area is 184 Å². The molecule has 5 rings (SSSR count). The topological polar surface area (TPSA) is 128 Å². The Morgan fingerprint density at radius 2 is 1.72 bits per heavy atom. The molecule has 5 amide bonds. The van der Waals surface area contributed by atoms with Gasteiger partial charge in [-0.05, 0) is 30.5 Å². The summed E-state index contributed by atoms with van der Waals surface area (Å²) in [5.41, 5.74) is 1.46. The van der Waals surface area contributed by atoms with Crippen molar-refractivity contribution < 1.29 is 24.0 Å². The first-order valence-corrected chi connectivity index (χ1v) is 11.0. The van der Waals surface area contributed by atoms with E-state index in [2.05, 4.69) is 20.9 Å². The summed E-state index contributed by atoms with van der Waals surface area (Å²) < 4.78 is 0. The number of amides is 5. The van der Waals surface area contributed by atoms with Crippen LogP contribution in [0.2, 0.25) is 0 Å². The van der Waals surface area contributed by atoms with E-state index in [0.29, 0.717) is 26.1 Å². The van der Waals surface area contributed by atoms with Crippen LogP contribution in [-0.4, -0.2) is 77.1 Å². The molecule has 1 unspecified atom stereocenters. The molecule has 3 saturated heterocycles. The van der Waals surface area contributed by atoms with E-state index in [1.165, 1.54) is 0 Å². The molecule has 1 aromatic carbocycles. The second-order valence-corrected chi connectivity index (χ2v) is 8.84. The van der Waals surface area contributed by atoms with Gasteiger partial charge in [0.05, 0.1) is 17.2 Å². The highest BCUT2D eigenvalue weighted by Crippen LogP contribution is 2.29. The third-order valence-electron chi connectivity index (χ3n) is 6.71. The lowest BCUT2D eigenvalue weighted by atomic mass is 9.98. The highest BCUT2D eigenvalue weighted by molar-refractivity contribution is 6.23. The Morgan fingerprint density at radius 3 is 2.53 bits per heavy atom. The molecule has 1 aromatic rings. The lowest BCUT2D eigenvalue weighted by Crippen LogP contribution is -2.57. The van der Waals surface area contributed by atoms with E-state index in [0.717, 1.165) is 23.4 Å². The largest absolute Gasteiger partial charge is 0.350 e. The highest BCUT2D eigenvalue weighted by atomic mass is 16.2. The Hall–Kier alpha value is -3.11. The second-order valence-electron chi connectivity index (χ2n) is 8.84. The molecule has 4 heterocycles. The van der Waals surface area contributed by atoms with Crippen molar-refractivity contribution in [3.8, 4) is 0 Å². The molecule has 4 aliphatic heterocycles. The zero-order valence-corrected chi connectivity index (χ0v) is 17.6.